The minimum atomic E-state index is 0.559. The third-order valence-electron chi connectivity index (χ3n) is 5.00. The Hall–Kier alpha value is -2.50. The number of fused-ring (bicyclic) bond motifs is 5. The molecule has 0 unspecified atom stereocenters. The largest absolute Gasteiger partial charge is 0.618 e. The summed E-state index contributed by atoms with van der Waals surface area (Å²) < 4.78 is 8.63. The molecule has 0 fully saturated rings. The third-order valence-corrected chi connectivity index (χ3v) is 5.23. The molecule has 4 rings (SSSR count). The number of pyridine rings is 1. The predicted molar refractivity (Wildman–Crippen MR) is 111 cm³/mol. The van der Waals surface area contributed by atoms with Crippen molar-refractivity contribution < 1.29 is 9.47 Å². The van der Waals surface area contributed by atoms with E-state index in [0.29, 0.717) is 10.5 Å². The van der Waals surface area contributed by atoms with Gasteiger partial charge in [-0.1, -0.05) is 11.6 Å². The Bertz CT molecular complexity index is 1150. The highest BCUT2D eigenvalue weighted by Gasteiger charge is 2.19. The van der Waals surface area contributed by atoms with Crippen LogP contribution in [-0.2, 0) is 6.54 Å². The molecule has 0 atom stereocenters. The van der Waals surface area contributed by atoms with Crippen molar-refractivity contribution in [3.63, 3.8) is 0 Å². The van der Waals surface area contributed by atoms with Crippen molar-refractivity contribution in [2.75, 3.05) is 27.7 Å². The molecule has 0 aliphatic heterocycles. The van der Waals surface area contributed by atoms with Gasteiger partial charge in [0.25, 0.3) is 0 Å². The number of rotatable bonds is 5. The fourth-order valence-electron chi connectivity index (χ4n) is 3.76. The Morgan fingerprint density at radius 2 is 1.93 bits per heavy atom. The molecule has 5 nitrogen and oxygen atoms in total. The summed E-state index contributed by atoms with van der Waals surface area (Å²) in [5, 5.41) is 16.1. The normalized spacial score (nSPS) is 11.9. The zero-order valence-electron chi connectivity index (χ0n) is 15.7. The molecule has 27 heavy (non-hydrogen) atoms. The number of hydrogen-bond donors (Lipinski definition) is 0. The summed E-state index contributed by atoms with van der Waals surface area (Å²) in [4.78, 5) is 2.18. The van der Waals surface area contributed by atoms with Crippen molar-refractivity contribution in [1.29, 1.82) is 0 Å². The number of ether oxygens (including phenoxy) is 1. The van der Waals surface area contributed by atoms with Gasteiger partial charge in [0.1, 0.15) is 5.75 Å². The maximum Gasteiger partial charge on any atom is 0.227 e. The standard InChI is InChI=1S/C21H22ClN3O2/c1-23(2)9-4-10-24-19-8-6-15(27-3)12-17(19)18-13-25(26)20-11-14(22)5-7-16(20)21(18)24/h5-8,11-13H,4,9-10H2,1-3H3. The van der Waals surface area contributed by atoms with E-state index in [0.717, 1.165) is 57.2 Å². The maximum atomic E-state index is 12.7. The molecule has 0 radical (unpaired) electrons. The maximum absolute atomic E-state index is 12.7. The van der Waals surface area contributed by atoms with Crippen LogP contribution in [0, 0.1) is 5.21 Å². The van der Waals surface area contributed by atoms with Gasteiger partial charge in [-0.05, 0) is 57.4 Å². The van der Waals surface area contributed by atoms with Crippen LogP contribution >= 0.6 is 11.6 Å². The van der Waals surface area contributed by atoms with E-state index < -0.39 is 0 Å². The first-order valence-corrected chi connectivity index (χ1v) is 9.33. The van der Waals surface area contributed by atoms with Gasteiger partial charge in [-0.15, -0.1) is 0 Å². The van der Waals surface area contributed by atoms with Crippen LogP contribution in [0.4, 0.5) is 0 Å². The zero-order chi connectivity index (χ0) is 19.1. The molecular weight excluding hydrogens is 362 g/mol. The lowest BCUT2D eigenvalue weighted by Crippen LogP contribution is -2.26. The van der Waals surface area contributed by atoms with Crippen LogP contribution in [0.25, 0.3) is 32.7 Å². The number of aromatic nitrogens is 2. The summed E-state index contributed by atoms with van der Waals surface area (Å²) in [5.74, 6) is 0.781. The van der Waals surface area contributed by atoms with Crippen molar-refractivity contribution in [3.05, 3.63) is 52.8 Å². The first-order chi connectivity index (χ1) is 13.0. The molecule has 2 aromatic heterocycles. The van der Waals surface area contributed by atoms with E-state index in [2.05, 4.69) is 29.6 Å². The molecule has 2 aromatic carbocycles. The van der Waals surface area contributed by atoms with Crippen LogP contribution in [0.1, 0.15) is 6.42 Å². The number of benzene rings is 2. The Morgan fingerprint density at radius 1 is 1.11 bits per heavy atom. The topological polar surface area (TPSA) is 44.3 Å². The SMILES string of the molecule is COc1ccc2c(c1)c1c[n+]([O-])c3cc(Cl)ccc3c1n2CCCN(C)C. The first-order valence-electron chi connectivity index (χ1n) is 8.95. The van der Waals surface area contributed by atoms with Crippen LogP contribution in [0.2, 0.25) is 5.02 Å². The van der Waals surface area contributed by atoms with E-state index >= 15 is 0 Å². The van der Waals surface area contributed by atoms with Gasteiger partial charge in [0.05, 0.1) is 23.4 Å². The molecule has 0 spiro atoms. The number of halogens is 1. The summed E-state index contributed by atoms with van der Waals surface area (Å²) in [7, 11) is 5.81. The Morgan fingerprint density at radius 3 is 2.67 bits per heavy atom. The van der Waals surface area contributed by atoms with Gasteiger partial charge < -0.3 is 19.4 Å². The summed E-state index contributed by atoms with van der Waals surface area (Å²) in [6.45, 7) is 1.86. The van der Waals surface area contributed by atoms with E-state index in [1.54, 1.807) is 19.4 Å². The lowest BCUT2D eigenvalue weighted by atomic mass is 10.1. The molecule has 0 amide bonds. The lowest BCUT2D eigenvalue weighted by molar-refractivity contribution is -0.575. The van der Waals surface area contributed by atoms with Crippen LogP contribution < -0.4 is 9.47 Å². The van der Waals surface area contributed by atoms with Crippen molar-refractivity contribution in [2.24, 2.45) is 0 Å². The molecule has 0 aliphatic carbocycles. The molecule has 6 heteroatoms. The average Bonchev–Trinajstić information content (AvgIpc) is 2.95. The van der Waals surface area contributed by atoms with Gasteiger partial charge in [-0.2, -0.15) is 4.73 Å². The summed E-state index contributed by atoms with van der Waals surface area (Å²) >= 11 is 6.14. The smallest absolute Gasteiger partial charge is 0.227 e. The van der Waals surface area contributed by atoms with Crippen LogP contribution in [-0.4, -0.2) is 37.2 Å². The Balaban J connectivity index is 2.06. The highest BCUT2D eigenvalue weighted by molar-refractivity contribution is 6.31. The number of hydrogen-bond acceptors (Lipinski definition) is 3. The minimum absolute atomic E-state index is 0.559. The van der Waals surface area contributed by atoms with Gasteiger partial charge in [0, 0.05) is 28.5 Å². The average molecular weight is 384 g/mol. The van der Waals surface area contributed by atoms with Crippen molar-refractivity contribution in [3.8, 4) is 5.75 Å². The number of aryl methyl sites for hydroxylation is 1. The highest BCUT2D eigenvalue weighted by atomic mass is 35.5. The van der Waals surface area contributed by atoms with Crippen LogP contribution in [0.5, 0.6) is 5.75 Å². The highest BCUT2D eigenvalue weighted by Crippen LogP contribution is 2.35. The van der Waals surface area contributed by atoms with Crippen molar-refractivity contribution in [2.45, 2.75) is 13.0 Å². The van der Waals surface area contributed by atoms with E-state index in [1.165, 1.54) is 0 Å². The van der Waals surface area contributed by atoms with Crippen LogP contribution in [0.15, 0.2) is 42.6 Å². The second kappa shape index (κ2) is 6.91. The van der Waals surface area contributed by atoms with Crippen molar-refractivity contribution >= 4 is 44.3 Å². The Labute approximate surface area is 162 Å². The minimum Gasteiger partial charge on any atom is -0.618 e. The van der Waals surface area contributed by atoms with Gasteiger partial charge >= 0.3 is 0 Å². The number of methoxy groups -OCH3 is 1. The van der Waals surface area contributed by atoms with E-state index in [1.807, 2.05) is 24.3 Å². The molecule has 0 saturated heterocycles. The predicted octanol–water partition coefficient (Wildman–Crippen LogP) is 4.19. The fourth-order valence-corrected chi connectivity index (χ4v) is 3.93. The zero-order valence-corrected chi connectivity index (χ0v) is 16.5. The summed E-state index contributed by atoms with van der Waals surface area (Å²) in [6, 6.07) is 11.5. The first kappa shape index (κ1) is 17.9. The van der Waals surface area contributed by atoms with E-state index in [4.69, 9.17) is 16.3 Å². The molecule has 0 saturated carbocycles. The van der Waals surface area contributed by atoms with Gasteiger partial charge in [-0.25, -0.2) is 0 Å². The Kier molecular flexibility index (Phi) is 4.58. The molecule has 0 bridgehead atoms. The van der Waals surface area contributed by atoms with Gasteiger partial charge in [0.15, 0.2) is 6.20 Å². The molecule has 0 N–H and O–H groups in total. The second-order valence-corrected chi connectivity index (χ2v) is 7.51. The van der Waals surface area contributed by atoms with Gasteiger partial charge in [0.2, 0.25) is 5.52 Å². The molecule has 4 aromatic rings. The summed E-state index contributed by atoms with van der Waals surface area (Å²) in [5.41, 5.74) is 2.75. The number of nitrogens with zero attached hydrogens (tertiary/aromatic N) is 3. The molecular formula is C21H22ClN3O2. The van der Waals surface area contributed by atoms with E-state index in [-0.39, 0.29) is 0 Å². The third kappa shape index (κ3) is 3.07. The van der Waals surface area contributed by atoms with E-state index in [9.17, 15) is 5.21 Å². The van der Waals surface area contributed by atoms with Crippen LogP contribution in [0.3, 0.4) is 0 Å². The molecule has 0 aliphatic rings. The van der Waals surface area contributed by atoms with Crippen molar-refractivity contribution in [1.82, 2.24) is 9.47 Å². The lowest BCUT2D eigenvalue weighted by Gasteiger charge is -2.12. The molecule has 2 heterocycles. The van der Waals surface area contributed by atoms with Gasteiger partial charge in [-0.3, -0.25) is 0 Å². The fraction of sp³-hybridized carbons (Fsp3) is 0.286. The quantitative estimate of drug-likeness (QED) is 0.383. The molecule has 140 valence electrons. The summed E-state index contributed by atoms with van der Waals surface area (Å²) in [6.07, 6.45) is 2.66. The second-order valence-electron chi connectivity index (χ2n) is 7.07. The monoisotopic (exact) mass is 383 g/mol.